The van der Waals surface area contributed by atoms with Crippen LogP contribution in [0.25, 0.3) is 10.9 Å². The molecule has 2 aromatic carbocycles. The molecular formula is C33H40N6O5S3. The van der Waals surface area contributed by atoms with E-state index < -0.39 is 10.0 Å². The zero-order valence-corrected chi connectivity index (χ0v) is 28.8. The molecule has 14 heteroatoms. The molecule has 3 heterocycles. The van der Waals surface area contributed by atoms with Crippen LogP contribution in [0.1, 0.15) is 29.4 Å². The van der Waals surface area contributed by atoms with Crippen molar-refractivity contribution in [3.8, 4) is 5.75 Å². The van der Waals surface area contributed by atoms with Crippen LogP contribution in [0.4, 0.5) is 5.69 Å². The maximum Gasteiger partial charge on any atom is 0.279 e. The number of aromatic amines is 1. The quantitative estimate of drug-likeness (QED) is 0.107. The fourth-order valence-electron chi connectivity index (χ4n) is 5.26. The van der Waals surface area contributed by atoms with E-state index >= 15 is 0 Å². The molecule has 0 radical (unpaired) electrons. The molecule has 1 saturated heterocycles. The van der Waals surface area contributed by atoms with Crippen molar-refractivity contribution >= 4 is 62.8 Å². The van der Waals surface area contributed by atoms with Gasteiger partial charge >= 0.3 is 0 Å². The number of H-pyrrole nitrogens is 1. The first-order valence-corrected chi connectivity index (χ1v) is 18.6. The molecule has 1 fully saturated rings. The molecule has 1 aliphatic rings. The van der Waals surface area contributed by atoms with Crippen LogP contribution in [0.3, 0.4) is 0 Å². The number of nitrogens with zero attached hydrogens (tertiary/aromatic N) is 3. The van der Waals surface area contributed by atoms with Crippen molar-refractivity contribution in [1.29, 1.82) is 0 Å². The van der Waals surface area contributed by atoms with Crippen molar-refractivity contribution in [2.75, 3.05) is 56.4 Å². The third kappa shape index (κ3) is 9.66. The Morgan fingerprint density at radius 3 is 2.53 bits per heavy atom. The van der Waals surface area contributed by atoms with Gasteiger partial charge in [0.1, 0.15) is 11.4 Å². The molecule has 1 atom stereocenters. The number of thioether (sulfide) groups is 1. The van der Waals surface area contributed by atoms with Crippen molar-refractivity contribution < 1.29 is 22.7 Å². The van der Waals surface area contributed by atoms with Gasteiger partial charge in [0.05, 0.1) is 17.8 Å². The number of fused-ring (bicyclic) bond motifs is 1. The Morgan fingerprint density at radius 2 is 1.83 bits per heavy atom. The van der Waals surface area contributed by atoms with E-state index in [9.17, 15) is 18.0 Å². The van der Waals surface area contributed by atoms with Gasteiger partial charge in [0.2, 0.25) is 5.91 Å². The van der Waals surface area contributed by atoms with E-state index in [0.29, 0.717) is 60.8 Å². The first-order valence-electron chi connectivity index (χ1n) is 15.5. The van der Waals surface area contributed by atoms with Crippen molar-refractivity contribution in [2.45, 2.75) is 29.4 Å². The summed E-state index contributed by atoms with van der Waals surface area (Å²) in [5, 5.41) is 3.69. The first kappa shape index (κ1) is 34.6. The van der Waals surface area contributed by atoms with Crippen LogP contribution in [0.2, 0.25) is 0 Å². The molecule has 4 aromatic rings. The van der Waals surface area contributed by atoms with Crippen molar-refractivity contribution in [2.24, 2.45) is 0 Å². The Balaban J connectivity index is 1.32. The van der Waals surface area contributed by atoms with E-state index in [2.05, 4.69) is 49.7 Å². The summed E-state index contributed by atoms with van der Waals surface area (Å²) >= 11 is 6.02. The summed E-state index contributed by atoms with van der Waals surface area (Å²) in [5.74, 6) is 1.70. The second kappa shape index (κ2) is 16.4. The number of rotatable bonds is 15. The number of aromatic nitrogens is 2. The highest BCUT2D eigenvalue weighted by Gasteiger charge is 2.24. The topological polar surface area (TPSA) is 137 Å². The molecule has 47 heavy (non-hydrogen) atoms. The second-order valence-corrected chi connectivity index (χ2v) is 14.6. The molecular weight excluding hydrogens is 657 g/mol. The molecule has 2 aromatic heterocycles. The molecule has 1 aliphatic heterocycles. The number of amides is 2. The normalized spacial score (nSPS) is 14.6. The molecule has 1 unspecified atom stereocenters. The summed E-state index contributed by atoms with van der Waals surface area (Å²) in [4.78, 5) is 36.6. The van der Waals surface area contributed by atoms with Crippen LogP contribution >= 0.6 is 24.4 Å². The van der Waals surface area contributed by atoms with E-state index in [1.54, 1.807) is 49.0 Å². The molecule has 250 valence electrons. The lowest BCUT2D eigenvalue weighted by Crippen LogP contribution is -2.50. The van der Waals surface area contributed by atoms with Gasteiger partial charge in [-0.3, -0.25) is 19.2 Å². The van der Waals surface area contributed by atoms with Crippen LogP contribution < -0.4 is 14.8 Å². The Hall–Kier alpha value is -3.72. The molecule has 0 aliphatic carbocycles. The molecule has 11 nitrogen and oxygen atoms in total. The number of thiol groups is 1. The Bertz CT molecular complexity index is 1750. The van der Waals surface area contributed by atoms with Crippen LogP contribution in [0.5, 0.6) is 5.75 Å². The number of piperazine rings is 1. The minimum atomic E-state index is -4.01. The lowest BCUT2D eigenvalue weighted by molar-refractivity contribution is -0.130. The van der Waals surface area contributed by atoms with Gasteiger partial charge in [-0.1, -0.05) is 36.4 Å². The standard InChI is InChI=1S/C33H40N6O5S3/c1-24(40)39-14-12-38(13-15-39)22-28(46-23-25-8-3-2-4-9-25)21-35-33(41)30-19-26-18-27(44-16-7-17-45)20-29(32(26)36-30)37-47(42,43)31-10-5-6-11-34-31/h2-6,8-11,18-20,28,36-37,45H,7,12-17,21-23H2,1H3,(H,35,41). The molecule has 3 N–H and O–H groups in total. The number of ether oxygens (including phenoxy) is 1. The minimum Gasteiger partial charge on any atom is -0.493 e. The zero-order valence-electron chi connectivity index (χ0n) is 26.2. The predicted molar refractivity (Wildman–Crippen MR) is 190 cm³/mol. The largest absolute Gasteiger partial charge is 0.493 e. The van der Waals surface area contributed by atoms with Gasteiger partial charge in [0.25, 0.3) is 15.9 Å². The monoisotopic (exact) mass is 696 g/mol. The van der Waals surface area contributed by atoms with E-state index in [1.807, 2.05) is 23.1 Å². The van der Waals surface area contributed by atoms with E-state index in [4.69, 9.17) is 4.74 Å². The lowest BCUT2D eigenvalue weighted by Gasteiger charge is -2.36. The highest BCUT2D eigenvalue weighted by Crippen LogP contribution is 2.31. The molecule has 0 saturated carbocycles. The maximum absolute atomic E-state index is 13.5. The average molecular weight is 697 g/mol. The summed E-state index contributed by atoms with van der Waals surface area (Å²) < 4.78 is 34.8. The Labute approximate surface area is 285 Å². The molecule has 5 rings (SSSR count). The van der Waals surface area contributed by atoms with Crippen LogP contribution in [0.15, 0.2) is 78.0 Å². The Kier molecular flexibility index (Phi) is 12.1. The highest BCUT2D eigenvalue weighted by atomic mass is 32.2. The van der Waals surface area contributed by atoms with Gasteiger partial charge in [-0.05, 0) is 42.0 Å². The van der Waals surface area contributed by atoms with Crippen molar-refractivity contribution in [3.63, 3.8) is 0 Å². The van der Waals surface area contributed by atoms with Gasteiger partial charge in [-0.15, -0.1) is 0 Å². The minimum absolute atomic E-state index is 0.0919. The third-order valence-electron chi connectivity index (χ3n) is 7.77. The number of carbonyl (C=O) groups excluding carboxylic acids is 2. The first-order chi connectivity index (χ1) is 22.7. The fourth-order valence-corrected chi connectivity index (χ4v) is 7.54. The number of hydrogen-bond donors (Lipinski definition) is 4. The fraction of sp³-hybridized carbons (Fsp3) is 0.364. The van der Waals surface area contributed by atoms with Crippen LogP contribution in [-0.4, -0.2) is 96.9 Å². The number of hydrogen-bond acceptors (Lipinski definition) is 9. The van der Waals surface area contributed by atoms with Gasteiger partial charge < -0.3 is 19.9 Å². The predicted octanol–water partition coefficient (Wildman–Crippen LogP) is 4.26. The van der Waals surface area contributed by atoms with E-state index in [-0.39, 0.29) is 27.8 Å². The van der Waals surface area contributed by atoms with Crippen LogP contribution in [-0.2, 0) is 20.6 Å². The number of benzene rings is 2. The summed E-state index contributed by atoms with van der Waals surface area (Å²) in [6.07, 6.45) is 2.13. The van der Waals surface area contributed by atoms with Gasteiger partial charge in [-0.25, -0.2) is 4.98 Å². The van der Waals surface area contributed by atoms with Gasteiger partial charge in [-0.2, -0.15) is 32.8 Å². The maximum atomic E-state index is 13.5. The number of anilines is 1. The van der Waals surface area contributed by atoms with Crippen molar-refractivity contribution in [3.05, 3.63) is 84.2 Å². The number of nitrogens with one attached hydrogen (secondary N) is 3. The zero-order chi connectivity index (χ0) is 33.2. The highest BCUT2D eigenvalue weighted by molar-refractivity contribution is 7.99. The molecule has 0 spiro atoms. The van der Waals surface area contributed by atoms with Gasteiger partial charge in [0, 0.05) is 74.8 Å². The summed E-state index contributed by atoms with van der Waals surface area (Å²) in [6.45, 7) is 6.16. The average Bonchev–Trinajstić information content (AvgIpc) is 3.52. The smallest absolute Gasteiger partial charge is 0.279 e. The number of pyridine rings is 1. The third-order valence-corrected chi connectivity index (χ3v) is 10.7. The van der Waals surface area contributed by atoms with Crippen molar-refractivity contribution in [1.82, 2.24) is 25.1 Å². The molecule has 0 bridgehead atoms. The summed E-state index contributed by atoms with van der Waals surface area (Å²) in [5.41, 5.74) is 2.20. The summed E-state index contributed by atoms with van der Waals surface area (Å²) in [7, 11) is -4.01. The number of sulfonamides is 1. The number of carbonyl (C=O) groups is 2. The second-order valence-electron chi connectivity index (χ2n) is 11.3. The Morgan fingerprint density at radius 1 is 1.06 bits per heavy atom. The van der Waals surface area contributed by atoms with E-state index in [1.165, 1.54) is 17.8 Å². The lowest BCUT2D eigenvalue weighted by atomic mass is 10.2. The SMILES string of the molecule is CC(=O)N1CCN(CC(CNC(=O)c2cc3cc(OCCCS)cc(NS(=O)(=O)c4ccccn4)c3[nH]2)SCc2ccccc2)CC1. The summed E-state index contributed by atoms with van der Waals surface area (Å²) in [6, 6.07) is 19.9. The molecule has 2 amide bonds. The van der Waals surface area contributed by atoms with E-state index in [0.717, 1.165) is 25.4 Å². The van der Waals surface area contributed by atoms with Gasteiger partial charge in [0.15, 0.2) is 5.03 Å². The van der Waals surface area contributed by atoms with Crippen LogP contribution in [0, 0.1) is 0 Å².